The van der Waals surface area contributed by atoms with Crippen LogP contribution in [0.5, 0.6) is 0 Å². The molecule has 0 amide bonds. The molecule has 0 spiro atoms. The third-order valence-corrected chi connectivity index (χ3v) is 7.07. The molecule has 0 aliphatic rings. The van der Waals surface area contributed by atoms with Crippen LogP contribution in [-0.2, 0) is 0 Å². The van der Waals surface area contributed by atoms with Gasteiger partial charge in [0.2, 0.25) is 0 Å². The predicted octanol–water partition coefficient (Wildman–Crippen LogP) is 10.3. The highest BCUT2D eigenvalue weighted by Crippen LogP contribution is 2.37. The second-order valence-corrected chi connectivity index (χ2v) is 9.44. The Kier molecular flexibility index (Phi) is 6.34. The van der Waals surface area contributed by atoms with E-state index in [1.54, 1.807) is 0 Å². The Morgan fingerprint density at radius 2 is 1.08 bits per heavy atom. The molecule has 0 saturated heterocycles. The molecule has 1 nitrogen and oxygen atoms in total. The van der Waals surface area contributed by atoms with Crippen molar-refractivity contribution in [1.29, 1.82) is 0 Å². The Labute approximate surface area is 224 Å². The van der Waals surface area contributed by atoms with E-state index in [-0.39, 0.29) is 0 Å². The van der Waals surface area contributed by atoms with E-state index in [1.165, 1.54) is 38.8 Å². The van der Waals surface area contributed by atoms with Crippen LogP contribution in [0.1, 0.15) is 18.2 Å². The van der Waals surface area contributed by atoms with E-state index >= 15 is 0 Å². The first kappa shape index (κ1) is 23.5. The van der Waals surface area contributed by atoms with Gasteiger partial charge in [0.25, 0.3) is 0 Å². The second kappa shape index (κ2) is 10.2. The van der Waals surface area contributed by atoms with Gasteiger partial charge in [0, 0.05) is 16.6 Å². The van der Waals surface area contributed by atoms with Gasteiger partial charge in [0.05, 0.1) is 11.2 Å². The lowest BCUT2D eigenvalue weighted by molar-refractivity contribution is 1.11. The molecule has 6 aromatic rings. The molecule has 6 rings (SSSR count). The standard InChI is InChI=1S/C37H29N/c1-3-14-36-34(4-2)35-26-30(27-15-8-5-9-16-27)21-22-37(35)38(36)33-24-31(28-17-10-6-11-18-28)23-32(25-33)29-19-12-7-13-20-29/h3-26H,2H2,1H3/b14-3-. The number of allylic oxidation sites excluding steroid dienone is 1. The smallest absolute Gasteiger partial charge is 0.0541 e. The normalized spacial score (nSPS) is 11.3. The largest absolute Gasteiger partial charge is 0.309 e. The number of aromatic nitrogens is 1. The minimum absolute atomic E-state index is 1.13. The van der Waals surface area contributed by atoms with Crippen molar-refractivity contribution in [2.45, 2.75) is 6.92 Å². The summed E-state index contributed by atoms with van der Waals surface area (Å²) in [5, 5.41) is 1.20. The van der Waals surface area contributed by atoms with Crippen molar-refractivity contribution in [3.8, 4) is 39.1 Å². The van der Waals surface area contributed by atoms with Crippen LogP contribution in [0.25, 0.3) is 62.1 Å². The van der Waals surface area contributed by atoms with Crippen molar-refractivity contribution >= 4 is 23.1 Å². The molecular formula is C37H29N. The van der Waals surface area contributed by atoms with E-state index < -0.39 is 0 Å². The second-order valence-electron chi connectivity index (χ2n) is 9.44. The van der Waals surface area contributed by atoms with Gasteiger partial charge < -0.3 is 4.57 Å². The summed E-state index contributed by atoms with van der Waals surface area (Å²) in [7, 11) is 0. The first-order valence-corrected chi connectivity index (χ1v) is 13.0. The molecule has 38 heavy (non-hydrogen) atoms. The van der Waals surface area contributed by atoms with Crippen LogP contribution in [0.4, 0.5) is 0 Å². The predicted molar refractivity (Wildman–Crippen MR) is 164 cm³/mol. The molecule has 182 valence electrons. The van der Waals surface area contributed by atoms with Gasteiger partial charge in [-0.25, -0.2) is 0 Å². The third-order valence-electron chi connectivity index (χ3n) is 7.07. The van der Waals surface area contributed by atoms with Gasteiger partial charge in [0.1, 0.15) is 0 Å². The lowest BCUT2D eigenvalue weighted by Gasteiger charge is -2.15. The molecule has 0 fully saturated rings. The first-order chi connectivity index (χ1) is 18.8. The molecule has 0 aliphatic heterocycles. The summed E-state index contributed by atoms with van der Waals surface area (Å²) in [6, 6.07) is 45.4. The molecule has 0 atom stereocenters. The average Bonchev–Trinajstić information content (AvgIpc) is 3.30. The van der Waals surface area contributed by atoms with E-state index in [2.05, 4.69) is 158 Å². The lowest BCUT2D eigenvalue weighted by atomic mass is 9.98. The van der Waals surface area contributed by atoms with Crippen LogP contribution in [0.15, 0.2) is 140 Å². The molecule has 1 aromatic heterocycles. The van der Waals surface area contributed by atoms with Gasteiger partial charge in [-0.1, -0.05) is 116 Å². The number of fused-ring (bicyclic) bond motifs is 1. The SMILES string of the molecule is C=Cc1c(/C=C\C)n(-c2cc(-c3ccccc3)cc(-c3ccccc3)c2)c2ccc(-c3ccccc3)cc12. The molecule has 1 heterocycles. The Bertz CT molecular complexity index is 1700. The fourth-order valence-corrected chi connectivity index (χ4v) is 5.29. The topological polar surface area (TPSA) is 4.93 Å². The maximum atomic E-state index is 4.22. The van der Waals surface area contributed by atoms with Gasteiger partial charge in [-0.05, 0) is 76.7 Å². The zero-order valence-corrected chi connectivity index (χ0v) is 21.5. The van der Waals surface area contributed by atoms with Crippen molar-refractivity contribution in [2.75, 3.05) is 0 Å². The summed E-state index contributed by atoms with van der Waals surface area (Å²) in [5.41, 5.74) is 11.8. The fraction of sp³-hybridized carbons (Fsp3) is 0.0270. The van der Waals surface area contributed by atoms with E-state index in [4.69, 9.17) is 0 Å². The molecule has 0 radical (unpaired) electrons. The summed E-state index contributed by atoms with van der Waals surface area (Å²) < 4.78 is 2.38. The molecule has 0 bridgehead atoms. The average molecular weight is 488 g/mol. The van der Waals surface area contributed by atoms with E-state index in [9.17, 15) is 0 Å². The van der Waals surface area contributed by atoms with Crippen molar-refractivity contribution in [3.05, 3.63) is 151 Å². The van der Waals surface area contributed by atoms with Crippen LogP contribution < -0.4 is 0 Å². The van der Waals surface area contributed by atoms with Crippen LogP contribution in [0, 0.1) is 0 Å². The van der Waals surface area contributed by atoms with Gasteiger partial charge in [0.15, 0.2) is 0 Å². The van der Waals surface area contributed by atoms with Crippen LogP contribution >= 0.6 is 0 Å². The van der Waals surface area contributed by atoms with E-state index in [1.807, 2.05) is 6.08 Å². The van der Waals surface area contributed by atoms with Gasteiger partial charge in [-0.2, -0.15) is 0 Å². The quantitative estimate of drug-likeness (QED) is 0.220. The number of hydrogen-bond acceptors (Lipinski definition) is 0. The van der Waals surface area contributed by atoms with Crippen molar-refractivity contribution in [1.82, 2.24) is 4.57 Å². The van der Waals surface area contributed by atoms with Crippen molar-refractivity contribution in [3.63, 3.8) is 0 Å². The van der Waals surface area contributed by atoms with Gasteiger partial charge in [-0.3, -0.25) is 0 Å². The summed E-state index contributed by atoms with van der Waals surface area (Å²) in [6.45, 7) is 6.29. The fourth-order valence-electron chi connectivity index (χ4n) is 5.29. The van der Waals surface area contributed by atoms with E-state index in [0.29, 0.717) is 0 Å². The number of hydrogen-bond donors (Lipinski definition) is 0. The monoisotopic (exact) mass is 487 g/mol. The maximum Gasteiger partial charge on any atom is 0.0541 e. The van der Waals surface area contributed by atoms with Crippen LogP contribution in [-0.4, -0.2) is 4.57 Å². The number of rotatable bonds is 6. The molecule has 0 N–H and O–H groups in total. The summed E-state index contributed by atoms with van der Waals surface area (Å²) in [4.78, 5) is 0. The summed E-state index contributed by atoms with van der Waals surface area (Å²) in [6.07, 6.45) is 6.29. The van der Waals surface area contributed by atoms with Gasteiger partial charge >= 0.3 is 0 Å². The molecule has 0 aliphatic carbocycles. The zero-order valence-electron chi connectivity index (χ0n) is 21.5. The van der Waals surface area contributed by atoms with Gasteiger partial charge in [-0.15, -0.1) is 0 Å². The Balaban J connectivity index is 1.65. The third kappa shape index (κ3) is 4.29. The molecule has 1 heteroatoms. The highest BCUT2D eigenvalue weighted by molar-refractivity contribution is 5.98. The molecular weight excluding hydrogens is 458 g/mol. The van der Waals surface area contributed by atoms with Crippen molar-refractivity contribution in [2.24, 2.45) is 0 Å². The highest BCUT2D eigenvalue weighted by Gasteiger charge is 2.17. The van der Waals surface area contributed by atoms with Crippen LogP contribution in [0.3, 0.4) is 0 Å². The summed E-state index contributed by atoms with van der Waals surface area (Å²) in [5.74, 6) is 0. The molecule has 0 unspecified atom stereocenters. The first-order valence-electron chi connectivity index (χ1n) is 13.0. The summed E-state index contributed by atoms with van der Waals surface area (Å²) >= 11 is 0. The minimum Gasteiger partial charge on any atom is -0.309 e. The Morgan fingerprint density at radius 3 is 1.58 bits per heavy atom. The molecule has 0 saturated carbocycles. The number of nitrogens with zero attached hydrogens (tertiary/aromatic N) is 1. The molecule has 5 aromatic carbocycles. The minimum atomic E-state index is 1.13. The Morgan fingerprint density at radius 1 is 0.553 bits per heavy atom. The van der Waals surface area contributed by atoms with Crippen LogP contribution in [0.2, 0.25) is 0 Å². The zero-order chi connectivity index (χ0) is 25.9. The van der Waals surface area contributed by atoms with E-state index in [0.717, 1.165) is 22.5 Å². The Hall–Kier alpha value is -4.88. The lowest BCUT2D eigenvalue weighted by Crippen LogP contribution is -1.99. The van der Waals surface area contributed by atoms with Crippen molar-refractivity contribution < 1.29 is 0 Å². The highest BCUT2D eigenvalue weighted by atomic mass is 15.0. The maximum absolute atomic E-state index is 4.22. The number of benzene rings is 5.